The lowest BCUT2D eigenvalue weighted by Gasteiger charge is -2.29. The number of benzene rings is 1. The minimum atomic E-state index is -0.794. The normalized spacial score (nSPS) is 20.6. The molecule has 0 aliphatic carbocycles. The topological polar surface area (TPSA) is 24.5 Å². The monoisotopic (exact) mass is 284 g/mol. The number of rotatable bonds is 6. The van der Waals surface area contributed by atoms with E-state index in [4.69, 9.17) is 4.74 Å². The van der Waals surface area contributed by atoms with Gasteiger partial charge in [-0.15, -0.1) is 0 Å². The van der Waals surface area contributed by atoms with Gasteiger partial charge in [0.15, 0.2) is 11.6 Å². The summed E-state index contributed by atoms with van der Waals surface area (Å²) in [5.74, 6) is -1.55. The van der Waals surface area contributed by atoms with Gasteiger partial charge in [-0.25, -0.2) is 8.78 Å². The van der Waals surface area contributed by atoms with Crippen molar-refractivity contribution in [3.05, 3.63) is 35.4 Å². The van der Waals surface area contributed by atoms with Crippen molar-refractivity contribution >= 4 is 0 Å². The fourth-order valence-electron chi connectivity index (χ4n) is 2.62. The third-order valence-electron chi connectivity index (χ3n) is 3.81. The summed E-state index contributed by atoms with van der Waals surface area (Å²) in [5, 5.41) is 3.23. The van der Waals surface area contributed by atoms with Crippen molar-refractivity contribution in [3.8, 4) is 0 Å². The van der Waals surface area contributed by atoms with Crippen molar-refractivity contribution in [1.29, 1.82) is 0 Å². The highest BCUT2D eigenvalue weighted by Crippen LogP contribution is 2.22. The summed E-state index contributed by atoms with van der Waals surface area (Å²) in [4.78, 5) is 2.16. The van der Waals surface area contributed by atoms with Gasteiger partial charge in [0.1, 0.15) is 0 Å². The predicted molar refractivity (Wildman–Crippen MR) is 74.6 cm³/mol. The van der Waals surface area contributed by atoms with Gasteiger partial charge in [0, 0.05) is 30.8 Å². The van der Waals surface area contributed by atoms with E-state index in [2.05, 4.69) is 10.2 Å². The van der Waals surface area contributed by atoms with Crippen LogP contribution in [0.3, 0.4) is 0 Å². The SMILES string of the molecule is CCNC(CN(C)C1CCOC1)c1cccc(F)c1F. The highest BCUT2D eigenvalue weighted by molar-refractivity contribution is 5.23. The second kappa shape index (κ2) is 7.11. The fourth-order valence-corrected chi connectivity index (χ4v) is 2.62. The van der Waals surface area contributed by atoms with Crippen molar-refractivity contribution in [2.75, 3.05) is 33.4 Å². The zero-order chi connectivity index (χ0) is 14.5. The van der Waals surface area contributed by atoms with Gasteiger partial charge in [0.25, 0.3) is 0 Å². The summed E-state index contributed by atoms with van der Waals surface area (Å²) in [6, 6.07) is 4.48. The first-order chi connectivity index (χ1) is 9.63. The Morgan fingerprint density at radius 2 is 2.25 bits per heavy atom. The van der Waals surface area contributed by atoms with Crippen molar-refractivity contribution in [2.45, 2.75) is 25.4 Å². The number of hydrogen-bond donors (Lipinski definition) is 1. The highest BCUT2D eigenvalue weighted by Gasteiger charge is 2.25. The van der Waals surface area contributed by atoms with E-state index >= 15 is 0 Å². The van der Waals surface area contributed by atoms with Gasteiger partial charge in [-0.2, -0.15) is 0 Å². The summed E-state index contributed by atoms with van der Waals surface area (Å²) in [7, 11) is 2.00. The van der Waals surface area contributed by atoms with Gasteiger partial charge >= 0.3 is 0 Å². The van der Waals surface area contributed by atoms with Crippen molar-refractivity contribution < 1.29 is 13.5 Å². The van der Waals surface area contributed by atoms with Crippen molar-refractivity contribution in [2.24, 2.45) is 0 Å². The third-order valence-corrected chi connectivity index (χ3v) is 3.81. The first-order valence-electron chi connectivity index (χ1n) is 7.08. The standard InChI is InChI=1S/C15H22F2N2O/c1-3-18-14(9-19(2)11-7-8-20-10-11)12-5-4-6-13(16)15(12)17/h4-6,11,14,18H,3,7-10H2,1-2H3. The van der Waals surface area contributed by atoms with E-state index in [0.717, 1.165) is 19.1 Å². The summed E-state index contributed by atoms with van der Waals surface area (Å²) in [6.07, 6.45) is 0.987. The number of likely N-dealkylation sites (N-methyl/N-ethyl adjacent to an activating group) is 2. The highest BCUT2D eigenvalue weighted by atomic mass is 19.2. The lowest BCUT2D eigenvalue weighted by molar-refractivity contribution is 0.152. The fraction of sp³-hybridized carbons (Fsp3) is 0.600. The average Bonchev–Trinajstić information content (AvgIpc) is 2.95. The van der Waals surface area contributed by atoms with E-state index in [-0.39, 0.29) is 6.04 Å². The maximum absolute atomic E-state index is 13.9. The Labute approximate surface area is 118 Å². The van der Waals surface area contributed by atoms with Crippen LogP contribution in [0.15, 0.2) is 18.2 Å². The van der Waals surface area contributed by atoms with Crippen LogP contribution in [0.5, 0.6) is 0 Å². The molecule has 1 saturated heterocycles. The second-order valence-corrected chi connectivity index (χ2v) is 5.21. The van der Waals surface area contributed by atoms with E-state index in [1.807, 2.05) is 14.0 Å². The zero-order valence-corrected chi connectivity index (χ0v) is 12.0. The molecule has 1 N–H and O–H groups in total. The Bertz CT molecular complexity index is 436. The lowest BCUT2D eigenvalue weighted by atomic mass is 10.0. The Morgan fingerprint density at radius 1 is 1.45 bits per heavy atom. The first kappa shape index (κ1) is 15.4. The molecule has 1 heterocycles. The van der Waals surface area contributed by atoms with Crippen LogP contribution < -0.4 is 5.32 Å². The number of halogens is 2. The second-order valence-electron chi connectivity index (χ2n) is 5.21. The van der Waals surface area contributed by atoms with Gasteiger partial charge in [0.05, 0.1) is 6.61 Å². The van der Waals surface area contributed by atoms with Crippen LogP contribution in [-0.4, -0.2) is 44.3 Å². The molecule has 1 aliphatic rings. The van der Waals surface area contributed by atoms with E-state index in [1.165, 1.54) is 0 Å². The van der Waals surface area contributed by atoms with Crippen molar-refractivity contribution in [3.63, 3.8) is 0 Å². The molecule has 5 heteroatoms. The van der Waals surface area contributed by atoms with Gasteiger partial charge < -0.3 is 10.1 Å². The Kier molecular flexibility index (Phi) is 5.46. The molecule has 112 valence electrons. The Morgan fingerprint density at radius 3 is 2.90 bits per heavy atom. The maximum Gasteiger partial charge on any atom is 0.163 e. The van der Waals surface area contributed by atoms with Crippen molar-refractivity contribution in [1.82, 2.24) is 10.2 Å². The molecule has 20 heavy (non-hydrogen) atoms. The number of nitrogens with one attached hydrogen (secondary N) is 1. The van der Waals surface area contributed by atoms with Gasteiger partial charge in [-0.3, -0.25) is 4.90 Å². The summed E-state index contributed by atoms with van der Waals surface area (Å²) in [6.45, 7) is 4.77. The Balaban J connectivity index is 2.11. The van der Waals surface area contributed by atoms with E-state index in [0.29, 0.717) is 31.3 Å². The molecule has 2 rings (SSSR count). The minimum Gasteiger partial charge on any atom is -0.380 e. The van der Waals surface area contributed by atoms with E-state index in [1.54, 1.807) is 12.1 Å². The van der Waals surface area contributed by atoms with Crippen LogP contribution in [0.1, 0.15) is 24.9 Å². The van der Waals surface area contributed by atoms with Crippen LogP contribution in [0.4, 0.5) is 8.78 Å². The lowest BCUT2D eigenvalue weighted by Crippen LogP contribution is -2.39. The van der Waals surface area contributed by atoms with Crippen LogP contribution in [-0.2, 0) is 4.74 Å². The molecular formula is C15H22F2N2O. The molecule has 1 fully saturated rings. The van der Waals surface area contributed by atoms with E-state index < -0.39 is 11.6 Å². The molecule has 1 aromatic rings. The minimum absolute atomic E-state index is 0.221. The molecule has 3 nitrogen and oxygen atoms in total. The molecule has 2 atom stereocenters. The molecule has 0 radical (unpaired) electrons. The van der Waals surface area contributed by atoms with Crippen LogP contribution in [0.2, 0.25) is 0 Å². The summed E-state index contributed by atoms with van der Waals surface area (Å²) in [5.41, 5.74) is 0.387. The maximum atomic E-state index is 13.9. The molecule has 2 unspecified atom stereocenters. The zero-order valence-electron chi connectivity index (χ0n) is 12.0. The molecule has 1 aliphatic heterocycles. The molecular weight excluding hydrogens is 262 g/mol. The largest absolute Gasteiger partial charge is 0.380 e. The molecule has 0 spiro atoms. The predicted octanol–water partition coefficient (Wildman–Crippen LogP) is 2.34. The van der Waals surface area contributed by atoms with Crippen LogP contribution >= 0.6 is 0 Å². The average molecular weight is 284 g/mol. The molecule has 0 saturated carbocycles. The number of nitrogens with zero attached hydrogens (tertiary/aromatic N) is 1. The molecule has 0 bridgehead atoms. The number of hydrogen-bond acceptors (Lipinski definition) is 3. The molecule has 0 aromatic heterocycles. The third kappa shape index (κ3) is 3.53. The molecule has 0 amide bonds. The summed E-state index contributed by atoms with van der Waals surface area (Å²) >= 11 is 0. The Hall–Kier alpha value is -1.04. The van der Waals surface area contributed by atoms with Crippen LogP contribution in [0.25, 0.3) is 0 Å². The van der Waals surface area contributed by atoms with Crippen LogP contribution in [0, 0.1) is 11.6 Å². The first-order valence-corrected chi connectivity index (χ1v) is 7.08. The summed E-state index contributed by atoms with van der Waals surface area (Å²) < 4.78 is 32.7. The van der Waals surface area contributed by atoms with E-state index in [9.17, 15) is 8.78 Å². The van der Waals surface area contributed by atoms with Gasteiger partial charge in [-0.05, 0) is 26.1 Å². The number of ether oxygens (including phenoxy) is 1. The van der Waals surface area contributed by atoms with Gasteiger partial charge in [0.2, 0.25) is 0 Å². The van der Waals surface area contributed by atoms with Gasteiger partial charge in [-0.1, -0.05) is 19.1 Å². The molecule has 1 aromatic carbocycles. The quantitative estimate of drug-likeness (QED) is 0.868. The smallest absolute Gasteiger partial charge is 0.163 e.